The predicted octanol–water partition coefficient (Wildman–Crippen LogP) is 5.26. The van der Waals surface area contributed by atoms with E-state index in [1.54, 1.807) is 0 Å². The molecule has 0 atom stereocenters. The summed E-state index contributed by atoms with van der Waals surface area (Å²) < 4.78 is 5.63. The Balaban J connectivity index is 2.71. The van der Waals surface area contributed by atoms with Crippen LogP contribution in [-0.2, 0) is 10.2 Å². The highest BCUT2D eigenvalue weighted by Crippen LogP contribution is 2.35. The van der Waals surface area contributed by atoms with Gasteiger partial charge in [-0.1, -0.05) is 43.1 Å². The van der Waals surface area contributed by atoms with E-state index in [4.69, 9.17) is 39.5 Å². The van der Waals surface area contributed by atoms with Crippen LogP contribution in [0.1, 0.15) is 31.7 Å². The van der Waals surface area contributed by atoms with E-state index in [0.717, 1.165) is 36.5 Å². The molecule has 0 amide bonds. The first-order valence-corrected chi connectivity index (χ1v) is 8.09. The Bertz CT molecular complexity index is 364. The normalized spacial score (nSPS) is 11.8. The number of hydrogen-bond donors (Lipinski definition) is 0. The lowest BCUT2D eigenvalue weighted by molar-refractivity contribution is 0.116. The molecule has 0 aliphatic heterocycles. The van der Waals surface area contributed by atoms with Crippen molar-refractivity contribution in [3.8, 4) is 0 Å². The van der Waals surface area contributed by atoms with Crippen LogP contribution in [0.2, 0.25) is 5.02 Å². The third kappa shape index (κ3) is 4.82. The van der Waals surface area contributed by atoms with Gasteiger partial charge in [0.1, 0.15) is 0 Å². The van der Waals surface area contributed by atoms with Crippen molar-refractivity contribution >= 4 is 34.8 Å². The Morgan fingerprint density at radius 3 is 2.37 bits per heavy atom. The minimum Gasteiger partial charge on any atom is -0.381 e. The Morgan fingerprint density at radius 1 is 1.11 bits per heavy atom. The van der Waals surface area contributed by atoms with Crippen LogP contribution < -0.4 is 0 Å². The molecule has 4 heteroatoms. The number of ether oxygens (including phenoxy) is 1. The van der Waals surface area contributed by atoms with Gasteiger partial charge in [-0.15, -0.1) is 23.2 Å². The van der Waals surface area contributed by atoms with Crippen LogP contribution in [0.4, 0.5) is 0 Å². The molecule has 0 heterocycles. The highest BCUT2D eigenvalue weighted by molar-refractivity contribution is 6.32. The van der Waals surface area contributed by atoms with Crippen molar-refractivity contribution in [2.45, 2.75) is 31.6 Å². The maximum Gasteiger partial charge on any atom is 0.0475 e. The van der Waals surface area contributed by atoms with Gasteiger partial charge >= 0.3 is 0 Å². The number of hydrogen-bond acceptors (Lipinski definition) is 1. The third-order valence-electron chi connectivity index (χ3n) is 3.32. The van der Waals surface area contributed by atoms with Gasteiger partial charge < -0.3 is 4.74 Å². The van der Waals surface area contributed by atoms with Crippen LogP contribution >= 0.6 is 34.8 Å². The number of rotatable bonds is 9. The summed E-state index contributed by atoms with van der Waals surface area (Å²) in [5.41, 5.74) is 0.703. The minimum atomic E-state index is -0.312. The summed E-state index contributed by atoms with van der Waals surface area (Å²) in [4.78, 5) is 0. The van der Waals surface area contributed by atoms with E-state index in [0.29, 0.717) is 18.4 Å². The SMILES string of the molecule is CCCCOCCC(CCl)(CCl)c1ccccc1Cl. The zero-order chi connectivity index (χ0) is 14.1. The van der Waals surface area contributed by atoms with E-state index < -0.39 is 0 Å². The largest absolute Gasteiger partial charge is 0.381 e. The van der Waals surface area contributed by atoms with Gasteiger partial charge in [-0.25, -0.2) is 0 Å². The first-order valence-electron chi connectivity index (χ1n) is 6.65. The quantitative estimate of drug-likeness (QED) is 0.445. The molecular weight excluding hydrogens is 303 g/mol. The van der Waals surface area contributed by atoms with Crippen LogP contribution in [0.3, 0.4) is 0 Å². The van der Waals surface area contributed by atoms with E-state index in [2.05, 4.69) is 6.92 Å². The zero-order valence-electron chi connectivity index (χ0n) is 11.3. The zero-order valence-corrected chi connectivity index (χ0v) is 13.6. The van der Waals surface area contributed by atoms with Crippen molar-refractivity contribution in [2.24, 2.45) is 0 Å². The molecule has 1 rings (SSSR count). The van der Waals surface area contributed by atoms with Crippen molar-refractivity contribution in [1.29, 1.82) is 0 Å². The highest BCUT2D eigenvalue weighted by Gasteiger charge is 2.32. The average molecular weight is 324 g/mol. The molecule has 0 unspecified atom stereocenters. The van der Waals surface area contributed by atoms with Gasteiger partial charge in [0.25, 0.3) is 0 Å². The maximum absolute atomic E-state index is 6.27. The number of unbranched alkanes of at least 4 members (excludes halogenated alkanes) is 1. The van der Waals surface area contributed by atoms with Crippen LogP contribution in [0.15, 0.2) is 24.3 Å². The summed E-state index contributed by atoms with van der Waals surface area (Å²) in [5, 5.41) is 0.720. The Hall–Kier alpha value is 0.0500. The van der Waals surface area contributed by atoms with Crippen molar-refractivity contribution in [2.75, 3.05) is 25.0 Å². The molecule has 0 N–H and O–H groups in total. The van der Waals surface area contributed by atoms with E-state index in [1.165, 1.54) is 0 Å². The monoisotopic (exact) mass is 322 g/mol. The summed E-state index contributed by atoms with van der Waals surface area (Å²) in [6, 6.07) is 7.76. The lowest BCUT2D eigenvalue weighted by Gasteiger charge is -2.31. The van der Waals surface area contributed by atoms with Gasteiger partial charge in [0.15, 0.2) is 0 Å². The van der Waals surface area contributed by atoms with E-state index in [1.807, 2.05) is 24.3 Å². The summed E-state index contributed by atoms with van der Waals surface area (Å²) in [6.45, 7) is 3.60. The Labute approximate surface area is 131 Å². The predicted molar refractivity (Wildman–Crippen MR) is 84.9 cm³/mol. The molecule has 0 bridgehead atoms. The molecule has 0 saturated carbocycles. The van der Waals surface area contributed by atoms with E-state index in [9.17, 15) is 0 Å². The average Bonchev–Trinajstić information content (AvgIpc) is 2.44. The minimum absolute atomic E-state index is 0.312. The van der Waals surface area contributed by atoms with Crippen molar-refractivity contribution in [1.82, 2.24) is 0 Å². The van der Waals surface area contributed by atoms with Gasteiger partial charge in [0.2, 0.25) is 0 Å². The fraction of sp³-hybridized carbons (Fsp3) is 0.600. The first kappa shape index (κ1) is 17.1. The second kappa shape index (κ2) is 9.07. The van der Waals surface area contributed by atoms with Gasteiger partial charge in [0.05, 0.1) is 0 Å². The van der Waals surface area contributed by atoms with Gasteiger partial charge in [-0.3, -0.25) is 0 Å². The van der Waals surface area contributed by atoms with Crippen LogP contribution in [0.5, 0.6) is 0 Å². The molecule has 0 aliphatic carbocycles. The molecule has 1 aromatic carbocycles. The van der Waals surface area contributed by atoms with Crippen molar-refractivity contribution in [3.63, 3.8) is 0 Å². The summed E-state index contributed by atoms with van der Waals surface area (Å²) in [6.07, 6.45) is 3.01. The molecule has 1 nitrogen and oxygen atoms in total. The molecule has 0 saturated heterocycles. The summed E-state index contributed by atoms with van der Waals surface area (Å²) in [7, 11) is 0. The number of benzene rings is 1. The molecule has 0 spiro atoms. The second-order valence-electron chi connectivity index (χ2n) is 4.74. The van der Waals surface area contributed by atoms with Crippen LogP contribution in [0.25, 0.3) is 0 Å². The topological polar surface area (TPSA) is 9.23 Å². The van der Waals surface area contributed by atoms with Crippen LogP contribution in [-0.4, -0.2) is 25.0 Å². The molecule has 1 aromatic rings. The van der Waals surface area contributed by atoms with Gasteiger partial charge in [-0.2, -0.15) is 0 Å². The molecule has 0 radical (unpaired) electrons. The first-order chi connectivity index (χ1) is 9.20. The summed E-state index contributed by atoms with van der Waals surface area (Å²) in [5.74, 6) is 0.884. The fourth-order valence-corrected chi connectivity index (χ4v) is 3.13. The molecule has 108 valence electrons. The highest BCUT2D eigenvalue weighted by atomic mass is 35.5. The molecule has 0 aromatic heterocycles. The molecule has 19 heavy (non-hydrogen) atoms. The van der Waals surface area contributed by atoms with E-state index >= 15 is 0 Å². The Kier molecular flexibility index (Phi) is 8.17. The Morgan fingerprint density at radius 2 is 1.79 bits per heavy atom. The van der Waals surface area contributed by atoms with Crippen LogP contribution in [0, 0.1) is 0 Å². The van der Waals surface area contributed by atoms with Crippen molar-refractivity contribution < 1.29 is 4.74 Å². The number of alkyl halides is 2. The summed E-state index contributed by atoms with van der Waals surface area (Å²) >= 11 is 18.6. The number of halogens is 3. The van der Waals surface area contributed by atoms with E-state index in [-0.39, 0.29) is 5.41 Å². The molecule has 0 fully saturated rings. The third-order valence-corrected chi connectivity index (χ3v) is 4.68. The lowest BCUT2D eigenvalue weighted by Crippen LogP contribution is -2.32. The second-order valence-corrected chi connectivity index (χ2v) is 5.69. The van der Waals surface area contributed by atoms with Gasteiger partial charge in [0, 0.05) is 35.4 Å². The molecule has 0 aliphatic rings. The maximum atomic E-state index is 6.27. The molecular formula is C15H21Cl3O. The smallest absolute Gasteiger partial charge is 0.0475 e. The van der Waals surface area contributed by atoms with Crippen molar-refractivity contribution in [3.05, 3.63) is 34.9 Å². The fourth-order valence-electron chi connectivity index (χ4n) is 1.96. The van der Waals surface area contributed by atoms with Gasteiger partial charge in [-0.05, 0) is 24.5 Å². The lowest BCUT2D eigenvalue weighted by atomic mass is 9.81. The standard InChI is InChI=1S/C15H21Cl3O/c1-2-3-9-19-10-8-15(11-16,12-17)13-6-4-5-7-14(13)18/h4-7H,2-3,8-12H2,1H3.